The molecule has 1 aromatic rings. The van der Waals surface area contributed by atoms with Gasteiger partial charge in [0.2, 0.25) is 0 Å². The molecule has 1 aromatic carbocycles. The molecule has 1 nitrogen and oxygen atoms in total. The number of nitrogens with zero attached hydrogens (tertiary/aromatic N) is 1. The van der Waals surface area contributed by atoms with E-state index in [4.69, 9.17) is 0 Å². The molecule has 1 heterocycles. The van der Waals surface area contributed by atoms with Gasteiger partial charge in [-0.3, -0.25) is 4.90 Å². The molecule has 0 aromatic heterocycles. The Bertz CT molecular complexity index is 414. The van der Waals surface area contributed by atoms with Crippen LogP contribution in [0, 0.1) is 0 Å². The van der Waals surface area contributed by atoms with Crippen molar-refractivity contribution in [2.75, 3.05) is 13.1 Å². The van der Waals surface area contributed by atoms with Crippen molar-refractivity contribution in [3.63, 3.8) is 0 Å². The SMILES string of the molecule is FC(F)(F)SC1=CCN(Cc2ccccc2)CC1. The van der Waals surface area contributed by atoms with Crippen molar-refractivity contribution in [2.24, 2.45) is 0 Å². The van der Waals surface area contributed by atoms with Gasteiger partial charge in [0.1, 0.15) is 0 Å². The molecule has 0 bridgehead atoms. The smallest absolute Gasteiger partial charge is 0.295 e. The van der Waals surface area contributed by atoms with Crippen LogP contribution >= 0.6 is 11.8 Å². The van der Waals surface area contributed by atoms with E-state index in [-0.39, 0.29) is 11.8 Å². The van der Waals surface area contributed by atoms with Crippen LogP contribution in [0.15, 0.2) is 41.3 Å². The van der Waals surface area contributed by atoms with Crippen molar-refractivity contribution >= 4 is 11.8 Å². The lowest BCUT2D eigenvalue weighted by atomic mass is 10.2. The van der Waals surface area contributed by atoms with E-state index >= 15 is 0 Å². The minimum Gasteiger partial charge on any atom is -0.295 e. The Balaban J connectivity index is 1.86. The van der Waals surface area contributed by atoms with Crippen LogP contribution < -0.4 is 0 Å². The number of alkyl halides is 3. The van der Waals surface area contributed by atoms with Gasteiger partial charge in [-0.1, -0.05) is 36.4 Å². The van der Waals surface area contributed by atoms with Gasteiger partial charge in [-0.05, 0) is 28.7 Å². The first kappa shape index (κ1) is 13.5. The second-order valence-corrected chi connectivity index (χ2v) is 5.38. The van der Waals surface area contributed by atoms with E-state index < -0.39 is 5.51 Å². The molecule has 0 spiro atoms. The number of hydrogen-bond acceptors (Lipinski definition) is 2. The zero-order valence-electron chi connectivity index (χ0n) is 9.78. The Morgan fingerprint density at radius 2 is 1.89 bits per heavy atom. The lowest BCUT2D eigenvalue weighted by Crippen LogP contribution is -2.28. The summed E-state index contributed by atoms with van der Waals surface area (Å²) in [5.74, 6) is 0. The van der Waals surface area contributed by atoms with Crippen molar-refractivity contribution < 1.29 is 13.2 Å². The first-order valence-electron chi connectivity index (χ1n) is 5.74. The summed E-state index contributed by atoms with van der Waals surface area (Å²) in [6, 6.07) is 9.96. The monoisotopic (exact) mass is 273 g/mol. The lowest BCUT2D eigenvalue weighted by molar-refractivity contribution is -0.0323. The highest BCUT2D eigenvalue weighted by molar-refractivity contribution is 8.03. The lowest BCUT2D eigenvalue weighted by Gasteiger charge is -2.26. The Morgan fingerprint density at radius 3 is 2.44 bits per heavy atom. The van der Waals surface area contributed by atoms with Crippen LogP contribution in [0.25, 0.3) is 0 Å². The summed E-state index contributed by atoms with van der Waals surface area (Å²) < 4.78 is 36.6. The van der Waals surface area contributed by atoms with Gasteiger partial charge in [-0.2, -0.15) is 13.2 Å². The Labute approximate surface area is 109 Å². The molecule has 0 saturated carbocycles. The minimum atomic E-state index is -4.16. The molecular weight excluding hydrogens is 259 g/mol. The summed E-state index contributed by atoms with van der Waals surface area (Å²) in [6.07, 6.45) is 2.17. The largest absolute Gasteiger partial charge is 0.446 e. The zero-order chi connectivity index (χ0) is 13.0. The topological polar surface area (TPSA) is 3.24 Å². The summed E-state index contributed by atoms with van der Waals surface area (Å²) in [6.45, 7) is 2.07. The highest BCUT2D eigenvalue weighted by Crippen LogP contribution is 2.38. The predicted octanol–water partition coefficient (Wildman–Crippen LogP) is 4.03. The van der Waals surface area contributed by atoms with Gasteiger partial charge in [0.05, 0.1) is 0 Å². The maximum absolute atomic E-state index is 12.2. The Hall–Kier alpha value is -0.940. The minimum absolute atomic E-state index is 0.0205. The fraction of sp³-hybridized carbons (Fsp3) is 0.385. The van der Waals surface area contributed by atoms with Gasteiger partial charge in [0.25, 0.3) is 0 Å². The molecule has 0 fully saturated rings. The Morgan fingerprint density at radius 1 is 1.17 bits per heavy atom. The van der Waals surface area contributed by atoms with Crippen LogP contribution in [-0.2, 0) is 6.54 Å². The summed E-state index contributed by atoms with van der Waals surface area (Å²) in [5, 5.41) is 0. The van der Waals surface area contributed by atoms with Crippen LogP contribution in [0.5, 0.6) is 0 Å². The molecule has 0 unspecified atom stereocenters. The summed E-state index contributed by atoms with van der Waals surface area (Å²) in [4.78, 5) is 2.59. The molecule has 0 radical (unpaired) electrons. The molecule has 0 amide bonds. The fourth-order valence-electron chi connectivity index (χ4n) is 1.92. The molecule has 0 atom stereocenters. The molecule has 98 valence electrons. The molecule has 18 heavy (non-hydrogen) atoms. The van der Waals surface area contributed by atoms with Gasteiger partial charge in [-0.25, -0.2) is 0 Å². The van der Waals surface area contributed by atoms with Gasteiger partial charge < -0.3 is 0 Å². The number of halogens is 3. The number of hydrogen-bond donors (Lipinski definition) is 0. The van der Waals surface area contributed by atoms with Crippen LogP contribution in [-0.4, -0.2) is 23.5 Å². The average molecular weight is 273 g/mol. The molecule has 1 aliphatic heterocycles. The summed E-state index contributed by atoms with van der Waals surface area (Å²) >= 11 is 0.0205. The van der Waals surface area contributed by atoms with Crippen LogP contribution in [0.4, 0.5) is 13.2 Å². The molecule has 1 aliphatic rings. The number of benzene rings is 1. The van der Waals surface area contributed by atoms with E-state index in [1.165, 1.54) is 5.56 Å². The molecule has 2 rings (SSSR count). The normalized spacial score (nSPS) is 17.6. The summed E-state index contributed by atoms with van der Waals surface area (Å²) in [5.41, 5.74) is -2.97. The second-order valence-electron chi connectivity index (χ2n) is 4.19. The second kappa shape index (κ2) is 5.80. The number of thioether (sulfide) groups is 1. The first-order chi connectivity index (χ1) is 8.53. The van der Waals surface area contributed by atoms with Crippen LogP contribution in [0.1, 0.15) is 12.0 Å². The van der Waals surface area contributed by atoms with Crippen molar-refractivity contribution in [3.8, 4) is 0 Å². The molecular formula is C13H14F3NS. The highest BCUT2D eigenvalue weighted by Gasteiger charge is 2.31. The van der Waals surface area contributed by atoms with Crippen molar-refractivity contribution in [1.29, 1.82) is 0 Å². The van der Waals surface area contributed by atoms with Crippen molar-refractivity contribution in [2.45, 2.75) is 18.5 Å². The molecule has 0 saturated heterocycles. The van der Waals surface area contributed by atoms with Gasteiger partial charge in [0, 0.05) is 19.6 Å². The van der Waals surface area contributed by atoms with E-state index in [0.29, 0.717) is 24.4 Å². The third-order valence-electron chi connectivity index (χ3n) is 2.75. The third kappa shape index (κ3) is 4.38. The highest BCUT2D eigenvalue weighted by atomic mass is 32.2. The standard InChI is InChI=1S/C13H14F3NS/c14-13(15,16)18-12-6-8-17(9-7-12)10-11-4-2-1-3-5-11/h1-6H,7-10H2. The first-order valence-corrected chi connectivity index (χ1v) is 6.56. The quantitative estimate of drug-likeness (QED) is 0.818. The maximum atomic E-state index is 12.2. The van der Waals surface area contributed by atoms with E-state index in [1.807, 2.05) is 30.3 Å². The molecule has 0 N–H and O–H groups in total. The van der Waals surface area contributed by atoms with Crippen molar-refractivity contribution in [3.05, 3.63) is 46.9 Å². The predicted molar refractivity (Wildman–Crippen MR) is 68.1 cm³/mol. The average Bonchev–Trinajstić information content (AvgIpc) is 2.31. The van der Waals surface area contributed by atoms with Gasteiger partial charge in [-0.15, -0.1) is 0 Å². The fourth-order valence-corrected chi connectivity index (χ4v) is 2.57. The molecule has 0 aliphatic carbocycles. The van der Waals surface area contributed by atoms with Gasteiger partial charge >= 0.3 is 5.51 Å². The van der Waals surface area contributed by atoms with Crippen LogP contribution in [0.3, 0.4) is 0 Å². The van der Waals surface area contributed by atoms with E-state index in [0.717, 1.165) is 6.54 Å². The van der Waals surface area contributed by atoms with E-state index in [1.54, 1.807) is 6.08 Å². The van der Waals surface area contributed by atoms with Gasteiger partial charge in [0.15, 0.2) is 0 Å². The Kier molecular flexibility index (Phi) is 4.35. The summed E-state index contributed by atoms with van der Waals surface area (Å²) in [7, 11) is 0. The zero-order valence-corrected chi connectivity index (χ0v) is 10.6. The van der Waals surface area contributed by atoms with Crippen LogP contribution in [0.2, 0.25) is 0 Å². The maximum Gasteiger partial charge on any atom is 0.446 e. The third-order valence-corrected chi connectivity index (χ3v) is 3.61. The number of rotatable bonds is 3. The van der Waals surface area contributed by atoms with E-state index in [9.17, 15) is 13.2 Å². The molecule has 5 heteroatoms. The van der Waals surface area contributed by atoms with Crippen molar-refractivity contribution in [1.82, 2.24) is 4.90 Å². The van der Waals surface area contributed by atoms with E-state index in [2.05, 4.69) is 4.90 Å².